The molecular formula is C19H21N3S. The molecular weight excluding hydrogens is 302 g/mol. The highest BCUT2D eigenvalue weighted by Gasteiger charge is 2.23. The van der Waals surface area contributed by atoms with E-state index in [1.807, 2.05) is 30.3 Å². The van der Waals surface area contributed by atoms with Crippen LogP contribution in [0.3, 0.4) is 0 Å². The van der Waals surface area contributed by atoms with Crippen molar-refractivity contribution in [3.05, 3.63) is 65.5 Å². The normalized spacial score (nSPS) is 11.8. The van der Waals surface area contributed by atoms with Crippen molar-refractivity contribution in [1.29, 1.82) is 0 Å². The van der Waals surface area contributed by atoms with Gasteiger partial charge >= 0.3 is 0 Å². The number of hydrogen-bond acceptors (Lipinski definition) is 2. The summed E-state index contributed by atoms with van der Waals surface area (Å²) < 4.78 is 2.27. The summed E-state index contributed by atoms with van der Waals surface area (Å²) in [6.07, 6.45) is 0. The molecule has 0 aliphatic rings. The van der Waals surface area contributed by atoms with Crippen molar-refractivity contribution in [2.75, 3.05) is 0 Å². The van der Waals surface area contributed by atoms with E-state index in [0.29, 0.717) is 11.5 Å². The first-order chi connectivity index (χ1) is 10.9. The molecule has 0 unspecified atom stereocenters. The maximum absolute atomic E-state index is 5.89. The van der Waals surface area contributed by atoms with Crippen LogP contribution in [0.15, 0.2) is 48.5 Å². The van der Waals surface area contributed by atoms with Crippen molar-refractivity contribution in [1.82, 2.24) is 9.55 Å². The molecule has 0 bridgehead atoms. The number of aromatic nitrogens is 2. The summed E-state index contributed by atoms with van der Waals surface area (Å²) in [5.41, 5.74) is 10.0. The second kappa shape index (κ2) is 5.78. The van der Waals surface area contributed by atoms with E-state index in [1.165, 1.54) is 0 Å². The van der Waals surface area contributed by atoms with E-state index < -0.39 is 0 Å². The van der Waals surface area contributed by atoms with Gasteiger partial charge in [0.25, 0.3) is 0 Å². The zero-order valence-electron chi connectivity index (χ0n) is 13.7. The van der Waals surface area contributed by atoms with Crippen molar-refractivity contribution in [3.63, 3.8) is 0 Å². The highest BCUT2D eigenvalue weighted by atomic mass is 32.1. The molecule has 0 spiro atoms. The number of benzene rings is 2. The Balaban J connectivity index is 2.19. The maximum atomic E-state index is 5.89. The highest BCUT2D eigenvalue weighted by Crippen LogP contribution is 2.27. The van der Waals surface area contributed by atoms with Gasteiger partial charge in [-0.05, 0) is 17.7 Å². The average molecular weight is 323 g/mol. The van der Waals surface area contributed by atoms with Gasteiger partial charge < -0.3 is 10.3 Å². The van der Waals surface area contributed by atoms with Crippen molar-refractivity contribution >= 4 is 28.2 Å². The van der Waals surface area contributed by atoms with E-state index >= 15 is 0 Å². The molecule has 0 amide bonds. The second-order valence-corrected chi connectivity index (χ2v) is 7.22. The lowest BCUT2D eigenvalue weighted by Gasteiger charge is -2.21. The van der Waals surface area contributed by atoms with Crippen LogP contribution in [0.25, 0.3) is 11.0 Å². The zero-order chi connectivity index (χ0) is 16.6. The first kappa shape index (κ1) is 15.7. The second-order valence-electron chi connectivity index (χ2n) is 6.78. The smallest absolute Gasteiger partial charge is 0.115 e. The number of nitrogens with zero attached hydrogens (tertiary/aromatic N) is 2. The van der Waals surface area contributed by atoms with Crippen LogP contribution in [0.5, 0.6) is 0 Å². The van der Waals surface area contributed by atoms with Gasteiger partial charge in [-0.2, -0.15) is 0 Å². The van der Waals surface area contributed by atoms with E-state index in [-0.39, 0.29) is 5.41 Å². The summed E-state index contributed by atoms with van der Waals surface area (Å²) >= 11 is 5.20. The molecule has 1 heterocycles. The predicted octanol–water partition coefficient (Wildman–Crippen LogP) is 4.02. The fourth-order valence-electron chi connectivity index (χ4n) is 2.88. The molecule has 0 saturated heterocycles. The molecule has 3 rings (SSSR count). The van der Waals surface area contributed by atoms with E-state index in [2.05, 4.69) is 43.5 Å². The van der Waals surface area contributed by atoms with E-state index in [9.17, 15) is 0 Å². The van der Waals surface area contributed by atoms with Gasteiger partial charge in [0, 0.05) is 11.0 Å². The molecule has 0 saturated carbocycles. The number of rotatable bonds is 3. The predicted molar refractivity (Wildman–Crippen MR) is 99.9 cm³/mol. The van der Waals surface area contributed by atoms with Crippen LogP contribution in [0.1, 0.15) is 37.7 Å². The Morgan fingerprint density at radius 1 is 1.09 bits per heavy atom. The maximum Gasteiger partial charge on any atom is 0.115 e. The molecule has 3 nitrogen and oxygen atoms in total. The number of thiocarbonyl (C=S) groups is 1. The Labute approximate surface area is 142 Å². The topological polar surface area (TPSA) is 43.8 Å². The molecule has 0 radical (unpaired) electrons. The van der Waals surface area contributed by atoms with Crippen molar-refractivity contribution in [2.45, 2.75) is 32.7 Å². The van der Waals surface area contributed by atoms with Crippen molar-refractivity contribution < 1.29 is 0 Å². The third-order valence-corrected chi connectivity index (χ3v) is 4.16. The van der Waals surface area contributed by atoms with Crippen LogP contribution in [-0.4, -0.2) is 14.5 Å². The first-order valence-corrected chi connectivity index (χ1v) is 8.12. The van der Waals surface area contributed by atoms with Crippen LogP contribution >= 0.6 is 12.2 Å². The molecule has 0 atom stereocenters. The van der Waals surface area contributed by atoms with Crippen molar-refractivity contribution in [3.8, 4) is 0 Å². The van der Waals surface area contributed by atoms with Crippen LogP contribution in [0.2, 0.25) is 0 Å². The molecule has 3 aromatic rings. The summed E-state index contributed by atoms with van der Waals surface area (Å²) in [5.74, 6) is 1.07. The lowest BCUT2D eigenvalue weighted by molar-refractivity contribution is 0.516. The zero-order valence-corrected chi connectivity index (χ0v) is 14.5. The van der Waals surface area contributed by atoms with Crippen LogP contribution < -0.4 is 5.73 Å². The Morgan fingerprint density at radius 3 is 2.43 bits per heavy atom. The molecule has 0 aliphatic heterocycles. The van der Waals surface area contributed by atoms with Gasteiger partial charge in [0.05, 0.1) is 17.6 Å². The largest absolute Gasteiger partial charge is 0.389 e. The minimum Gasteiger partial charge on any atom is -0.389 e. The summed E-state index contributed by atoms with van der Waals surface area (Å²) in [4.78, 5) is 5.29. The summed E-state index contributed by atoms with van der Waals surface area (Å²) in [6, 6.07) is 16.3. The standard InChI is InChI=1S/C19H21N3S/c1-19(2,3)18-21-15-10-6-7-11-16(15)22(18)12-13-8-4-5-9-14(13)17(20)23/h4-11H,12H2,1-3H3,(H2,20,23). The molecule has 0 aliphatic carbocycles. The summed E-state index contributed by atoms with van der Waals surface area (Å²) in [6.45, 7) is 7.26. The molecule has 2 aromatic carbocycles. The van der Waals surface area contributed by atoms with Gasteiger partial charge in [-0.1, -0.05) is 69.4 Å². The quantitative estimate of drug-likeness (QED) is 0.741. The van der Waals surface area contributed by atoms with E-state index in [0.717, 1.165) is 28.0 Å². The van der Waals surface area contributed by atoms with E-state index in [1.54, 1.807) is 0 Å². The molecule has 4 heteroatoms. The Bertz CT molecular complexity index is 872. The fraction of sp³-hybridized carbons (Fsp3) is 0.263. The van der Waals surface area contributed by atoms with Crippen LogP contribution in [0, 0.1) is 0 Å². The monoisotopic (exact) mass is 323 g/mol. The number of imidazole rings is 1. The van der Waals surface area contributed by atoms with E-state index in [4.69, 9.17) is 22.9 Å². The number of para-hydroxylation sites is 2. The highest BCUT2D eigenvalue weighted by molar-refractivity contribution is 7.80. The number of hydrogen-bond donors (Lipinski definition) is 1. The molecule has 23 heavy (non-hydrogen) atoms. The van der Waals surface area contributed by atoms with Gasteiger partial charge in [-0.15, -0.1) is 0 Å². The van der Waals surface area contributed by atoms with Gasteiger partial charge in [0.1, 0.15) is 10.8 Å². The molecule has 118 valence electrons. The number of fused-ring (bicyclic) bond motifs is 1. The Hall–Kier alpha value is -2.20. The minimum absolute atomic E-state index is 0.0445. The fourth-order valence-corrected chi connectivity index (χ4v) is 3.08. The molecule has 2 N–H and O–H groups in total. The van der Waals surface area contributed by atoms with Crippen LogP contribution in [-0.2, 0) is 12.0 Å². The van der Waals surface area contributed by atoms with Gasteiger partial charge in [0.2, 0.25) is 0 Å². The van der Waals surface area contributed by atoms with Gasteiger partial charge in [-0.25, -0.2) is 4.98 Å². The van der Waals surface area contributed by atoms with Crippen LogP contribution in [0.4, 0.5) is 0 Å². The molecule has 0 fully saturated rings. The SMILES string of the molecule is CC(C)(C)c1nc2ccccc2n1Cc1ccccc1C(N)=S. The summed E-state index contributed by atoms with van der Waals surface area (Å²) in [7, 11) is 0. The van der Waals surface area contributed by atoms with Crippen molar-refractivity contribution in [2.24, 2.45) is 5.73 Å². The summed E-state index contributed by atoms with van der Waals surface area (Å²) in [5, 5.41) is 0. The number of nitrogens with two attached hydrogens (primary N) is 1. The molecule has 1 aromatic heterocycles. The third-order valence-electron chi connectivity index (χ3n) is 3.94. The Morgan fingerprint density at radius 2 is 1.74 bits per heavy atom. The van der Waals surface area contributed by atoms with Gasteiger partial charge in [0.15, 0.2) is 0 Å². The minimum atomic E-state index is -0.0445. The lowest BCUT2D eigenvalue weighted by Crippen LogP contribution is -2.21. The Kier molecular flexibility index (Phi) is 3.94. The lowest BCUT2D eigenvalue weighted by atomic mass is 9.95. The average Bonchev–Trinajstić information content (AvgIpc) is 2.87. The first-order valence-electron chi connectivity index (χ1n) is 7.71. The third kappa shape index (κ3) is 2.99. The van der Waals surface area contributed by atoms with Gasteiger partial charge in [-0.3, -0.25) is 0 Å².